The van der Waals surface area contributed by atoms with E-state index in [1.165, 1.54) is 0 Å². The lowest BCUT2D eigenvalue weighted by atomic mass is 10.3. The minimum atomic E-state index is 0.406. The van der Waals surface area contributed by atoms with Crippen LogP contribution in [0.1, 0.15) is 5.01 Å². The van der Waals surface area contributed by atoms with Crippen LogP contribution in [-0.2, 0) is 6.61 Å². The molecule has 0 radical (unpaired) electrons. The van der Waals surface area contributed by atoms with Gasteiger partial charge in [0.05, 0.1) is 15.2 Å². The van der Waals surface area contributed by atoms with E-state index in [0.29, 0.717) is 23.1 Å². The third kappa shape index (κ3) is 2.64. The Bertz CT molecular complexity index is 693. The molecule has 5 heteroatoms. The lowest BCUT2D eigenvalue weighted by Crippen LogP contribution is -1.95. The molecule has 1 aromatic heterocycles. The number of hydrogen-bond acceptors (Lipinski definition) is 4. The molecule has 2 N–H and O–H groups in total. The van der Waals surface area contributed by atoms with E-state index in [9.17, 15) is 0 Å². The Labute approximate surface area is 119 Å². The van der Waals surface area contributed by atoms with Crippen LogP contribution < -0.4 is 10.5 Å². The van der Waals surface area contributed by atoms with Crippen molar-refractivity contribution in [2.45, 2.75) is 6.61 Å². The molecular weight excluding hydrogens is 280 g/mol. The number of nitrogens with zero attached hydrogens (tertiary/aromatic N) is 1. The van der Waals surface area contributed by atoms with Crippen molar-refractivity contribution in [3.05, 3.63) is 52.5 Å². The zero-order valence-corrected chi connectivity index (χ0v) is 11.5. The van der Waals surface area contributed by atoms with E-state index < -0.39 is 0 Å². The van der Waals surface area contributed by atoms with Crippen LogP contribution in [0.3, 0.4) is 0 Å². The van der Waals surface area contributed by atoms with E-state index >= 15 is 0 Å². The van der Waals surface area contributed by atoms with Gasteiger partial charge < -0.3 is 10.5 Å². The van der Waals surface area contributed by atoms with Gasteiger partial charge in [-0.2, -0.15) is 0 Å². The van der Waals surface area contributed by atoms with Gasteiger partial charge in [-0.3, -0.25) is 0 Å². The highest BCUT2D eigenvalue weighted by Crippen LogP contribution is 2.28. The van der Waals surface area contributed by atoms with Crippen molar-refractivity contribution < 1.29 is 4.74 Å². The van der Waals surface area contributed by atoms with Crippen molar-refractivity contribution in [2.75, 3.05) is 5.73 Å². The van der Waals surface area contributed by atoms with E-state index in [4.69, 9.17) is 22.1 Å². The molecule has 0 bridgehead atoms. The number of anilines is 1. The summed E-state index contributed by atoms with van der Waals surface area (Å²) in [5.74, 6) is 0.620. The Morgan fingerprint density at radius 1 is 1.21 bits per heavy atom. The monoisotopic (exact) mass is 290 g/mol. The molecule has 0 atom stereocenters. The van der Waals surface area contributed by atoms with Crippen molar-refractivity contribution in [1.82, 2.24) is 4.98 Å². The van der Waals surface area contributed by atoms with Crippen LogP contribution in [0.25, 0.3) is 10.2 Å². The number of aromatic nitrogens is 1. The van der Waals surface area contributed by atoms with Gasteiger partial charge in [-0.1, -0.05) is 23.7 Å². The molecular formula is C14H11ClN2OS. The SMILES string of the molecule is Nc1ccc(OCc2nc3ccccc3s2)c(Cl)c1. The van der Waals surface area contributed by atoms with Gasteiger partial charge in [-0.05, 0) is 30.3 Å². The fourth-order valence-corrected chi connectivity index (χ4v) is 2.88. The van der Waals surface area contributed by atoms with E-state index in [2.05, 4.69) is 4.98 Å². The minimum absolute atomic E-state index is 0.406. The lowest BCUT2D eigenvalue weighted by Gasteiger charge is -2.06. The zero-order chi connectivity index (χ0) is 13.2. The molecule has 3 aromatic rings. The van der Waals surface area contributed by atoms with Gasteiger partial charge in [0, 0.05) is 5.69 Å². The summed E-state index contributed by atoms with van der Waals surface area (Å²) in [4.78, 5) is 4.50. The quantitative estimate of drug-likeness (QED) is 0.738. The highest BCUT2D eigenvalue weighted by molar-refractivity contribution is 7.18. The van der Waals surface area contributed by atoms with E-state index in [0.717, 1.165) is 15.2 Å². The molecule has 0 aliphatic carbocycles. The lowest BCUT2D eigenvalue weighted by molar-refractivity contribution is 0.306. The standard InChI is InChI=1S/C14H11ClN2OS/c15-10-7-9(16)5-6-12(10)18-8-14-17-11-3-1-2-4-13(11)19-14/h1-7H,8,16H2. The summed E-state index contributed by atoms with van der Waals surface area (Å²) in [7, 11) is 0. The van der Waals surface area contributed by atoms with E-state index in [-0.39, 0.29) is 0 Å². The van der Waals surface area contributed by atoms with E-state index in [1.54, 1.807) is 29.5 Å². The maximum absolute atomic E-state index is 6.05. The number of ether oxygens (including phenoxy) is 1. The van der Waals surface area contributed by atoms with Crippen LogP contribution in [0.2, 0.25) is 5.02 Å². The predicted octanol–water partition coefficient (Wildman–Crippen LogP) is 4.11. The Kier molecular flexibility index (Phi) is 3.27. The predicted molar refractivity (Wildman–Crippen MR) is 79.8 cm³/mol. The van der Waals surface area contributed by atoms with Gasteiger partial charge in [0.2, 0.25) is 0 Å². The summed E-state index contributed by atoms with van der Waals surface area (Å²) in [5.41, 5.74) is 7.25. The Morgan fingerprint density at radius 3 is 2.84 bits per heavy atom. The molecule has 3 rings (SSSR count). The second-order valence-corrected chi connectivity index (χ2v) is 5.58. The topological polar surface area (TPSA) is 48.1 Å². The number of rotatable bonds is 3. The molecule has 0 fully saturated rings. The number of benzene rings is 2. The summed E-state index contributed by atoms with van der Waals surface area (Å²) < 4.78 is 6.82. The number of hydrogen-bond donors (Lipinski definition) is 1. The molecule has 0 saturated heterocycles. The molecule has 0 aliphatic rings. The second-order valence-electron chi connectivity index (χ2n) is 4.05. The van der Waals surface area contributed by atoms with E-state index in [1.807, 2.05) is 24.3 Å². The molecule has 0 aliphatic heterocycles. The normalized spacial score (nSPS) is 10.8. The number of fused-ring (bicyclic) bond motifs is 1. The summed E-state index contributed by atoms with van der Waals surface area (Å²) in [6.45, 7) is 0.406. The maximum atomic E-state index is 6.05. The average molecular weight is 291 g/mol. The van der Waals surface area contributed by atoms with Crippen LogP contribution in [0.5, 0.6) is 5.75 Å². The third-order valence-electron chi connectivity index (χ3n) is 2.65. The Morgan fingerprint density at radius 2 is 2.05 bits per heavy atom. The number of para-hydroxylation sites is 1. The number of nitrogen functional groups attached to an aromatic ring is 1. The first-order chi connectivity index (χ1) is 9.22. The van der Waals surface area contributed by atoms with Gasteiger partial charge >= 0.3 is 0 Å². The largest absolute Gasteiger partial charge is 0.485 e. The van der Waals surface area contributed by atoms with Crippen LogP contribution in [0.15, 0.2) is 42.5 Å². The second kappa shape index (κ2) is 5.07. The van der Waals surface area contributed by atoms with Crippen molar-refractivity contribution in [1.29, 1.82) is 0 Å². The number of thiazole rings is 1. The fourth-order valence-electron chi connectivity index (χ4n) is 1.76. The number of halogens is 1. The van der Waals surface area contributed by atoms with Gasteiger partial charge in [0.15, 0.2) is 0 Å². The van der Waals surface area contributed by atoms with Crippen molar-refractivity contribution in [2.24, 2.45) is 0 Å². The molecule has 2 aromatic carbocycles. The first-order valence-electron chi connectivity index (χ1n) is 5.74. The molecule has 0 amide bonds. The van der Waals surface area contributed by atoms with Gasteiger partial charge in [-0.25, -0.2) is 4.98 Å². The molecule has 19 heavy (non-hydrogen) atoms. The molecule has 0 spiro atoms. The summed E-state index contributed by atoms with van der Waals surface area (Å²) in [5, 5.41) is 1.44. The van der Waals surface area contributed by atoms with Crippen molar-refractivity contribution >= 4 is 38.8 Å². The Balaban J connectivity index is 1.78. The van der Waals surface area contributed by atoms with Gasteiger partial charge in [-0.15, -0.1) is 11.3 Å². The molecule has 3 nitrogen and oxygen atoms in total. The fraction of sp³-hybridized carbons (Fsp3) is 0.0714. The van der Waals surface area contributed by atoms with Gasteiger partial charge in [0.1, 0.15) is 17.4 Å². The van der Waals surface area contributed by atoms with Crippen molar-refractivity contribution in [3.63, 3.8) is 0 Å². The first-order valence-corrected chi connectivity index (χ1v) is 6.94. The number of nitrogens with two attached hydrogens (primary N) is 1. The van der Waals surface area contributed by atoms with Crippen LogP contribution in [0, 0.1) is 0 Å². The highest BCUT2D eigenvalue weighted by atomic mass is 35.5. The van der Waals surface area contributed by atoms with Gasteiger partial charge in [0.25, 0.3) is 0 Å². The molecule has 0 unspecified atom stereocenters. The summed E-state index contributed by atoms with van der Waals surface area (Å²) in [6, 6.07) is 13.2. The summed E-state index contributed by atoms with van der Waals surface area (Å²) >= 11 is 7.67. The Hall–Kier alpha value is -1.78. The molecule has 96 valence electrons. The smallest absolute Gasteiger partial charge is 0.140 e. The maximum Gasteiger partial charge on any atom is 0.140 e. The average Bonchev–Trinajstić information content (AvgIpc) is 2.80. The van der Waals surface area contributed by atoms with Crippen molar-refractivity contribution in [3.8, 4) is 5.75 Å². The molecule has 1 heterocycles. The molecule has 0 saturated carbocycles. The first kappa shape index (κ1) is 12.3. The summed E-state index contributed by atoms with van der Waals surface area (Å²) in [6.07, 6.45) is 0. The van der Waals surface area contributed by atoms with Crippen LogP contribution in [-0.4, -0.2) is 4.98 Å². The third-order valence-corrected chi connectivity index (χ3v) is 3.95. The zero-order valence-electron chi connectivity index (χ0n) is 9.97. The minimum Gasteiger partial charge on any atom is -0.485 e. The highest BCUT2D eigenvalue weighted by Gasteiger charge is 2.06. The van der Waals surface area contributed by atoms with Crippen LogP contribution >= 0.6 is 22.9 Å². The van der Waals surface area contributed by atoms with Crippen LogP contribution in [0.4, 0.5) is 5.69 Å².